The molecule has 1 saturated heterocycles. The fraction of sp³-hybridized carbons (Fsp3) is 0.435. The van der Waals surface area contributed by atoms with Crippen LogP contribution in [0.25, 0.3) is 0 Å². The van der Waals surface area contributed by atoms with Gasteiger partial charge in [0.05, 0.1) is 13.7 Å². The largest absolute Gasteiger partial charge is 0.493 e. The van der Waals surface area contributed by atoms with Gasteiger partial charge in [0.25, 0.3) is 5.91 Å². The molecule has 150 valence electrons. The summed E-state index contributed by atoms with van der Waals surface area (Å²) in [6.07, 6.45) is 0.969. The van der Waals surface area contributed by atoms with Gasteiger partial charge in [-0.15, -0.1) is 0 Å². The molecule has 2 N–H and O–H groups in total. The molecule has 0 aliphatic carbocycles. The summed E-state index contributed by atoms with van der Waals surface area (Å²) >= 11 is 0. The molecule has 1 amide bonds. The van der Waals surface area contributed by atoms with Crippen LogP contribution in [0.15, 0.2) is 48.5 Å². The minimum Gasteiger partial charge on any atom is -0.493 e. The number of carbonyl (C=O) groups is 1. The van der Waals surface area contributed by atoms with Crippen LogP contribution >= 0.6 is 0 Å². The summed E-state index contributed by atoms with van der Waals surface area (Å²) in [6.45, 7) is 6.12. The number of carbonyl (C=O) groups excluding carboxylic acids is 1. The first-order valence-electron chi connectivity index (χ1n) is 9.90. The summed E-state index contributed by atoms with van der Waals surface area (Å²) in [5.74, 6) is 1.95. The number of likely N-dealkylation sites (tertiary alicyclic amines) is 1. The van der Waals surface area contributed by atoms with Crippen LogP contribution in [0.5, 0.6) is 11.5 Å². The maximum absolute atomic E-state index is 13.0. The number of methoxy groups -OCH3 is 1. The number of hydrogen-bond acceptors (Lipinski definition) is 4. The number of nitrogens with zero attached hydrogens (tertiary/aromatic N) is 1. The lowest BCUT2D eigenvalue weighted by molar-refractivity contribution is 0.0788. The summed E-state index contributed by atoms with van der Waals surface area (Å²) in [6, 6.07) is 15.5. The average molecular weight is 383 g/mol. The van der Waals surface area contributed by atoms with Gasteiger partial charge in [-0.3, -0.25) is 4.79 Å². The van der Waals surface area contributed by atoms with E-state index < -0.39 is 0 Å². The van der Waals surface area contributed by atoms with Crippen molar-refractivity contribution in [3.05, 3.63) is 59.7 Å². The molecule has 1 aliphatic rings. The van der Waals surface area contributed by atoms with Gasteiger partial charge in [0, 0.05) is 30.6 Å². The molecule has 3 rings (SSSR count). The molecule has 1 aliphatic heterocycles. The maximum atomic E-state index is 13.0. The zero-order valence-electron chi connectivity index (χ0n) is 16.9. The van der Waals surface area contributed by atoms with Gasteiger partial charge in [0.15, 0.2) is 11.5 Å². The smallest absolute Gasteiger partial charge is 0.254 e. The monoisotopic (exact) mass is 382 g/mol. The van der Waals surface area contributed by atoms with Gasteiger partial charge in [-0.2, -0.15) is 0 Å². The van der Waals surface area contributed by atoms with E-state index in [0.717, 1.165) is 6.42 Å². The summed E-state index contributed by atoms with van der Waals surface area (Å²) in [4.78, 5) is 14.9. The summed E-state index contributed by atoms with van der Waals surface area (Å²) in [5, 5.41) is 0. The van der Waals surface area contributed by atoms with Gasteiger partial charge in [-0.25, -0.2) is 0 Å². The second kappa shape index (κ2) is 9.11. The second-order valence-electron chi connectivity index (χ2n) is 7.79. The van der Waals surface area contributed by atoms with E-state index in [2.05, 4.69) is 26.0 Å². The van der Waals surface area contributed by atoms with E-state index in [1.54, 1.807) is 19.2 Å². The van der Waals surface area contributed by atoms with Gasteiger partial charge in [-0.05, 0) is 36.1 Å². The van der Waals surface area contributed by atoms with Gasteiger partial charge in [-0.1, -0.05) is 44.2 Å². The first-order valence-corrected chi connectivity index (χ1v) is 9.90. The highest BCUT2D eigenvalue weighted by Crippen LogP contribution is 2.31. The molecule has 5 nitrogen and oxygen atoms in total. The molecule has 0 radical (unpaired) electrons. The lowest BCUT2D eigenvalue weighted by atomic mass is 9.95. The minimum atomic E-state index is -0.0631. The standard InChI is InChI=1S/C23H30N2O3/c1-16(2)11-12-28-21-10-9-18(13-22(21)27-3)23(26)25-14-19(20(24)15-25)17-7-5-4-6-8-17/h4-10,13,16,19-20H,11-12,14-15,24H2,1-3H3/t19-,20+/m0/s1. The van der Waals surface area contributed by atoms with E-state index in [-0.39, 0.29) is 17.9 Å². The number of amides is 1. The predicted molar refractivity (Wildman–Crippen MR) is 111 cm³/mol. The van der Waals surface area contributed by atoms with Crippen molar-refractivity contribution in [1.82, 2.24) is 4.90 Å². The van der Waals surface area contributed by atoms with E-state index in [1.807, 2.05) is 29.2 Å². The number of ether oxygens (including phenoxy) is 2. The zero-order valence-corrected chi connectivity index (χ0v) is 16.9. The highest BCUT2D eigenvalue weighted by molar-refractivity contribution is 5.95. The molecule has 5 heteroatoms. The lowest BCUT2D eigenvalue weighted by Gasteiger charge is -2.18. The van der Waals surface area contributed by atoms with E-state index >= 15 is 0 Å². The van der Waals surface area contributed by atoms with Gasteiger partial charge in [0.1, 0.15) is 0 Å². The van der Waals surface area contributed by atoms with E-state index in [9.17, 15) is 4.79 Å². The molecule has 1 fully saturated rings. The second-order valence-corrected chi connectivity index (χ2v) is 7.79. The Morgan fingerprint density at radius 2 is 1.89 bits per heavy atom. The fourth-order valence-corrected chi connectivity index (χ4v) is 3.55. The predicted octanol–water partition coefficient (Wildman–Crippen LogP) is 3.69. The molecule has 0 spiro atoms. The highest BCUT2D eigenvalue weighted by Gasteiger charge is 2.34. The Balaban J connectivity index is 1.70. The molecule has 2 aromatic rings. The van der Waals surface area contributed by atoms with Crippen LogP contribution in [-0.2, 0) is 0 Å². The molecule has 1 heterocycles. The Morgan fingerprint density at radius 1 is 1.14 bits per heavy atom. The number of nitrogens with two attached hydrogens (primary N) is 1. The van der Waals surface area contributed by atoms with Crippen molar-refractivity contribution < 1.29 is 14.3 Å². The molecule has 28 heavy (non-hydrogen) atoms. The Hall–Kier alpha value is -2.53. The number of benzene rings is 2. The average Bonchev–Trinajstić information content (AvgIpc) is 3.09. The van der Waals surface area contributed by atoms with E-state index in [4.69, 9.17) is 15.2 Å². The number of rotatable bonds is 7. The Bertz CT molecular complexity index is 792. The number of hydrogen-bond donors (Lipinski definition) is 1. The third-order valence-corrected chi connectivity index (χ3v) is 5.24. The van der Waals surface area contributed by atoms with E-state index in [0.29, 0.717) is 42.7 Å². The summed E-state index contributed by atoms with van der Waals surface area (Å²) in [7, 11) is 1.59. The summed E-state index contributed by atoms with van der Waals surface area (Å²) < 4.78 is 11.3. The Morgan fingerprint density at radius 3 is 2.57 bits per heavy atom. The van der Waals surface area contributed by atoms with Crippen molar-refractivity contribution >= 4 is 5.91 Å². The Kier molecular flexibility index (Phi) is 6.57. The minimum absolute atomic E-state index is 0.0269. The van der Waals surface area contributed by atoms with Crippen molar-refractivity contribution in [3.8, 4) is 11.5 Å². The van der Waals surface area contributed by atoms with Gasteiger partial charge in [0.2, 0.25) is 0 Å². The molecular formula is C23H30N2O3. The normalized spacial score (nSPS) is 19.1. The molecule has 0 bridgehead atoms. The third-order valence-electron chi connectivity index (χ3n) is 5.24. The topological polar surface area (TPSA) is 64.8 Å². The van der Waals surface area contributed by atoms with Crippen molar-refractivity contribution in [2.75, 3.05) is 26.8 Å². The van der Waals surface area contributed by atoms with Crippen molar-refractivity contribution in [1.29, 1.82) is 0 Å². The summed E-state index contributed by atoms with van der Waals surface area (Å²) in [5.41, 5.74) is 8.11. The van der Waals surface area contributed by atoms with Crippen LogP contribution in [-0.4, -0.2) is 43.7 Å². The zero-order chi connectivity index (χ0) is 20.1. The van der Waals surface area contributed by atoms with E-state index in [1.165, 1.54) is 5.56 Å². The SMILES string of the molecule is COc1cc(C(=O)N2C[C@@H](N)[C@H](c3ccccc3)C2)ccc1OCCC(C)C. The van der Waals surface area contributed by atoms with Crippen LogP contribution in [0.2, 0.25) is 0 Å². The molecular weight excluding hydrogens is 352 g/mol. The fourth-order valence-electron chi connectivity index (χ4n) is 3.55. The van der Waals surface area contributed by atoms with Crippen LogP contribution < -0.4 is 15.2 Å². The van der Waals surface area contributed by atoms with Crippen molar-refractivity contribution in [3.63, 3.8) is 0 Å². The Labute approximate surface area is 167 Å². The van der Waals surface area contributed by atoms with Crippen LogP contribution in [0.4, 0.5) is 0 Å². The molecule has 0 unspecified atom stereocenters. The van der Waals surface area contributed by atoms with Gasteiger partial charge < -0.3 is 20.1 Å². The molecule has 0 saturated carbocycles. The molecule has 0 aromatic heterocycles. The quantitative estimate of drug-likeness (QED) is 0.793. The molecule has 2 aromatic carbocycles. The van der Waals surface area contributed by atoms with Crippen LogP contribution in [0.3, 0.4) is 0 Å². The first-order chi connectivity index (χ1) is 13.5. The van der Waals surface area contributed by atoms with Crippen molar-refractivity contribution in [2.45, 2.75) is 32.2 Å². The highest BCUT2D eigenvalue weighted by atomic mass is 16.5. The van der Waals surface area contributed by atoms with Crippen LogP contribution in [0, 0.1) is 5.92 Å². The maximum Gasteiger partial charge on any atom is 0.254 e. The first kappa shape index (κ1) is 20.2. The van der Waals surface area contributed by atoms with Crippen molar-refractivity contribution in [2.24, 2.45) is 11.7 Å². The van der Waals surface area contributed by atoms with Crippen LogP contribution in [0.1, 0.15) is 42.1 Å². The molecule has 2 atom stereocenters. The third kappa shape index (κ3) is 4.65. The lowest BCUT2D eigenvalue weighted by Crippen LogP contribution is -2.32. The van der Waals surface area contributed by atoms with Gasteiger partial charge >= 0.3 is 0 Å².